The Morgan fingerprint density at radius 3 is 2.64 bits per heavy atom. The van der Waals surface area contributed by atoms with E-state index in [0.29, 0.717) is 5.52 Å². The highest BCUT2D eigenvalue weighted by atomic mass is 19.4. The number of fused-ring (bicyclic) bond motifs is 1. The summed E-state index contributed by atoms with van der Waals surface area (Å²) in [7, 11) is 0. The van der Waals surface area contributed by atoms with Gasteiger partial charge in [0.15, 0.2) is 0 Å². The summed E-state index contributed by atoms with van der Waals surface area (Å²) in [6.45, 7) is 1.43. The highest BCUT2D eigenvalue weighted by Gasteiger charge is 2.35. The molecule has 0 radical (unpaired) electrons. The summed E-state index contributed by atoms with van der Waals surface area (Å²) in [4.78, 5) is 6.32. The average molecular weight is 200 g/mol. The van der Waals surface area contributed by atoms with Gasteiger partial charge in [-0.15, -0.1) is 0 Å². The lowest BCUT2D eigenvalue weighted by Gasteiger charge is -2.10. The first-order valence-corrected chi connectivity index (χ1v) is 4.00. The van der Waals surface area contributed by atoms with Crippen LogP contribution in [0.1, 0.15) is 11.1 Å². The number of nitrogens with zero attached hydrogens (tertiary/aromatic N) is 1. The van der Waals surface area contributed by atoms with Gasteiger partial charge in [-0.1, -0.05) is 6.07 Å². The van der Waals surface area contributed by atoms with E-state index in [1.165, 1.54) is 19.3 Å². The minimum Gasteiger partial charge on any atom is -0.345 e. The van der Waals surface area contributed by atoms with Gasteiger partial charge >= 0.3 is 6.18 Å². The van der Waals surface area contributed by atoms with Crippen molar-refractivity contribution in [3.05, 3.63) is 29.6 Å². The van der Waals surface area contributed by atoms with Crippen LogP contribution in [0.5, 0.6) is 0 Å². The maximum Gasteiger partial charge on any atom is 0.418 e. The van der Waals surface area contributed by atoms with Crippen molar-refractivity contribution in [3.63, 3.8) is 0 Å². The number of aromatic amines is 1. The van der Waals surface area contributed by atoms with Crippen molar-refractivity contribution in [3.8, 4) is 0 Å². The second-order valence-corrected chi connectivity index (χ2v) is 3.05. The first-order valence-electron chi connectivity index (χ1n) is 4.00. The van der Waals surface area contributed by atoms with Crippen molar-refractivity contribution in [1.82, 2.24) is 9.97 Å². The summed E-state index contributed by atoms with van der Waals surface area (Å²) in [6.07, 6.45) is -3.09. The number of hydrogen-bond acceptors (Lipinski definition) is 1. The highest BCUT2D eigenvalue weighted by molar-refractivity contribution is 5.80. The molecular weight excluding hydrogens is 193 g/mol. The number of aryl methyl sites for hydroxylation is 1. The lowest BCUT2D eigenvalue weighted by atomic mass is 10.1. The van der Waals surface area contributed by atoms with Gasteiger partial charge in [0, 0.05) is 0 Å². The molecule has 0 amide bonds. The molecule has 0 spiro atoms. The fourth-order valence-electron chi connectivity index (χ4n) is 1.47. The van der Waals surface area contributed by atoms with Crippen molar-refractivity contribution in [1.29, 1.82) is 0 Å². The summed E-state index contributed by atoms with van der Waals surface area (Å²) >= 11 is 0. The first kappa shape index (κ1) is 9.05. The molecule has 0 saturated carbocycles. The zero-order valence-corrected chi connectivity index (χ0v) is 7.31. The quantitative estimate of drug-likeness (QED) is 0.695. The number of benzene rings is 1. The van der Waals surface area contributed by atoms with Crippen LogP contribution in [-0.2, 0) is 6.18 Å². The smallest absolute Gasteiger partial charge is 0.345 e. The third-order valence-corrected chi connectivity index (χ3v) is 2.08. The van der Waals surface area contributed by atoms with Gasteiger partial charge in [0.2, 0.25) is 0 Å². The van der Waals surface area contributed by atoms with Crippen LogP contribution in [0, 0.1) is 6.92 Å². The van der Waals surface area contributed by atoms with Crippen LogP contribution in [0.15, 0.2) is 18.5 Å². The van der Waals surface area contributed by atoms with Crippen LogP contribution in [-0.4, -0.2) is 9.97 Å². The number of alkyl halides is 3. The van der Waals surface area contributed by atoms with Gasteiger partial charge in [-0.05, 0) is 18.6 Å². The molecule has 0 fully saturated rings. The molecule has 0 atom stereocenters. The molecule has 0 aliphatic heterocycles. The molecule has 0 aliphatic rings. The van der Waals surface area contributed by atoms with Gasteiger partial charge < -0.3 is 4.98 Å². The van der Waals surface area contributed by atoms with Gasteiger partial charge in [-0.25, -0.2) is 4.98 Å². The number of nitrogens with one attached hydrogen (secondary N) is 1. The first-order chi connectivity index (χ1) is 6.50. The Morgan fingerprint density at radius 2 is 2.00 bits per heavy atom. The Balaban J connectivity index is 2.83. The monoisotopic (exact) mass is 200 g/mol. The van der Waals surface area contributed by atoms with Crippen molar-refractivity contribution < 1.29 is 13.2 Å². The van der Waals surface area contributed by atoms with E-state index < -0.39 is 11.7 Å². The molecule has 5 heteroatoms. The van der Waals surface area contributed by atoms with Crippen LogP contribution in [0.4, 0.5) is 13.2 Å². The lowest BCUT2D eigenvalue weighted by molar-refractivity contribution is -0.136. The van der Waals surface area contributed by atoms with E-state index in [-0.39, 0.29) is 11.1 Å². The minimum atomic E-state index is -4.35. The molecule has 14 heavy (non-hydrogen) atoms. The predicted octanol–water partition coefficient (Wildman–Crippen LogP) is 2.89. The normalized spacial score (nSPS) is 12.3. The predicted molar refractivity (Wildman–Crippen MR) is 45.8 cm³/mol. The summed E-state index contributed by atoms with van der Waals surface area (Å²) in [5.41, 5.74) is -0.0752. The second kappa shape index (κ2) is 2.73. The highest BCUT2D eigenvalue weighted by Crippen LogP contribution is 2.35. The van der Waals surface area contributed by atoms with Crippen molar-refractivity contribution in [2.24, 2.45) is 0 Å². The zero-order valence-electron chi connectivity index (χ0n) is 7.31. The summed E-state index contributed by atoms with van der Waals surface area (Å²) in [5, 5.41) is 0. The molecular formula is C9H7F3N2. The van der Waals surface area contributed by atoms with E-state index in [9.17, 15) is 13.2 Å². The van der Waals surface area contributed by atoms with Gasteiger partial charge in [0.05, 0.1) is 17.4 Å². The number of imidazole rings is 1. The topological polar surface area (TPSA) is 28.7 Å². The molecule has 2 nitrogen and oxygen atoms in total. The van der Waals surface area contributed by atoms with Crippen molar-refractivity contribution in [2.45, 2.75) is 13.1 Å². The number of H-pyrrole nitrogens is 1. The third-order valence-electron chi connectivity index (χ3n) is 2.08. The van der Waals surface area contributed by atoms with E-state index in [1.807, 2.05) is 0 Å². The van der Waals surface area contributed by atoms with E-state index in [1.54, 1.807) is 6.07 Å². The number of halogens is 3. The molecule has 0 unspecified atom stereocenters. The van der Waals surface area contributed by atoms with Crippen molar-refractivity contribution in [2.75, 3.05) is 0 Å². The van der Waals surface area contributed by atoms with Crippen molar-refractivity contribution >= 4 is 11.0 Å². The molecule has 0 bridgehead atoms. The Bertz CT molecular complexity index is 470. The largest absolute Gasteiger partial charge is 0.418 e. The molecule has 2 rings (SSSR count). The lowest BCUT2D eigenvalue weighted by Crippen LogP contribution is -2.08. The Kier molecular flexibility index (Phi) is 1.77. The number of rotatable bonds is 0. The summed E-state index contributed by atoms with van der Waals surface area (Å²) in [5.74, 6) is 0. The maximum absolute atomic E-state index is 12.6. The van der Waals surface area contributed by atoms with Crippen LogP contribution >= 0.6 is 0 Å². The van der Waals surface area contributed by atoms with Crippen LogP contribution < -0.4 is 0 Å². The Labute approximate surface area is 77.8 Å². The zero-order chi connectivity index (χ0) is 10.3. The number of aromatic nitrogens is 2. The average Bonchev–Trinajstić information content (AvgIpc) is 2.48. The standard InChI is InChI=1S/C9H7F3N2/c1-5-2-3-6-8(14-4-13-6)7(5)9(10,11)12/h2-4H,1H3,(H,13,14). The Morgan fingerprint density at radius 1 is 1.29 bits per heavy atom. The van der Waals surface area contributed by atoms with Crippen LogP contribution in [0.2, 0.25) is 0 Å². The van der Waals surface area contributed by atoms with E-state index in [2.05, 4.69) is 9.97 Å². The van der Waals surface area contributed by atoms with Gasteiger partial charge in [-0.2, -0.15) is 13.2 Å². The molecule has 1 heterocycles. The van der Waals surface area contributed by atoms with Gasteiger partial charge in [0.1, 0.15) is 5.52 Å². The van der Waals surface area contributed by atoms with Gasteiger partial charge in [-0.3, -0.25) is 0 Å². The fraction of sp³-hybridized carbons (Fsp3) is 0.222. The molecule has 0 saturated heterocycles. The molecule has 1 N–H and O–H groups in total. The minimum absolute atomic E-state index is 0.0162. The maximum atomic E-state index is 12.6. The molecule has 0 aliphatic carbocycles. The third kappa shape index (κ3) is 1.25. The van der Waals surface area contributed by atoms with E-state index in [0.717, 1.165) is 0 Å². The molecule has 74 valence electrons. The molecule has 1 aromatic carbocycles. The molecule has 1 aromatic heterocycles. The van der Waals surface area contributed by atoms with Gasteiger partial charge in [0.25, 0.3) is 0 Å². The van der Waals surface area contributed by atoms with Crippen LogP contribution in [0.25, 0.3) is 11.0 Å². The second-order valence-electron chi connectivity index (χ2n) is 3.05. The van der Waals surface area contributed by atoms with E-state index >= 15 is 0 Å². The van der Waals surface area contributed by atoms with Crippen LogP contribution in [0.3, 0.4) is 0 Å². The summed E-state index contributed by atoms with van der Waals surface area (Å²) in [6, 6.07) is 3.02. The number of hydrogen-bond donors (Lipinski definition) is 1. The summed E-state index contributed by atoms with van der Waals surface area (Å²) < 4.78 is 37.8. The SMILES string of the molecule is Cc1ccc2[nH]cnc2c1C(F)(F)F. The molecule has 2 aromatic rings. The van der Waals surface area contributed by atoms with E-state index in [4.69, 9.17) is 0 Å². The fourth-order valence-corrected chi connectivity index (χ4v) is 1.47. The Hall–Kier alpha value is -1.52.